The molecular formula is C26H27FN4O4. The second-order valence-corrected chi connectivity index (χ2v) is 8.56. The van der Waals surface area contributed by atoms with Gasteiger partial charge in [0.1, 0.15) is 11.6 Å². The summed E-state index contributed by atoms with van der Waals surface area (Å²) in [5.74, 6) is 1.03. The van der Waals surface area contributed by atoms with Gasteiger partial charge in [-0.3, -0.25) is 4.90 Å². The number of nitrogens with zero attached hydrogens (tertiary/aromatic N) is 3. The van der Waals surface area contributed by atoms with E-state index >= 15 is 0 Å². The highest BCUT2D eigenvalue weighted by Gasteiger charge is 2.37. The van der Waals surface area contributed by atoms with Crippen molar-refractivity contribution >= 4 is 11.6 Å². The molecule has 0 radical (unpaired) electrons. The molecule has 2 aliphatic rings. The average molecular weight is 479 g/mol. The Balaban J connectivity index is 1.53. The van der Waals surface area contributed by atoms with Gasteiger partial charge in [-0.05, 0) is 68.7 Å². The molecule has 2 aromatic carbocycles. The van der Waals surface area contributed by atoms with Gasteiger partial charge in [0.2, 0.25) is 5.82 Å². The van der Waals surface area contributed by atoms with Crippen LogP contribution >= 0.6 is 0 Å². The number of hydrogen-bond acceptors (Lipinski definition) is 6. The molecule has 0 spiro atoms. The first kappa shape index (κ1) is 23.0. The Hall–Kier alpha value is -3.72. The molecule has 2 atom stereocenters. The van der Waals surface area contributed by atoms with Crippen LogP contribution in [0.4, 0.5) is 9.18 Å². The fourth-order valence-corrected chi connectivity index (χ4v) is 4.52. The van der Waals surface area contributed by atoms with Crippen molar-refractivity contribution in [3.8, 4) is 17.1 Å². The first-order chi connectivity index (χ1) is 17.0. The SMILES string of the molecule is CCOc1ccc(-c2noc(C3=C(C)N(CC4CCCO4)C(=O)NC3c3cccc(F)c3)n2)cc1. The first-order valence-corrected chi connectivity index (χ1v) is 11.8. The molecule has 2 amide bonds. The average Bonchev–Trinajstić information content (AvgIpc) is 3.55. The van der Waals surface area contributed by atoms with Crippen LogP contribution in [0, 0.1) is 5.82 Å². The fourth-order valence-electron chi connectivity index (χ4n) is 4.52. The number of allylic oxidation sites excluding steroid dienone is 1. The van der Waals surface area contributed by atoms with Gasteiger partial charge in [-0.1, -0.05) is 17.3 Å². The fraction of sp³-hybridized carbons (Fsp3) is 0.346. The summed E-state index contributed by atoms with van der Waals surface area (Å²) in [6.07, 6.45) is 1.82. The van der Waals surface area contributed by atoms with Crippen LogP contribution in [0.1, 0.15) is 44.2 Å². The molecule has 0 aliphatic carbocycles. The molecular weight excluding hydrogens is 451 g/mol. The number of amides is 2. The smallest absolute Gasteiger partial charge is 0.322 e. The van der Waals surface area contributed by atoms with E-state index in [1.54, 1.807) is 17.0 Å². The summed E-state index contributed by atoms with van der Waals surface area (Å²) in [7, 11) is 0. The topological polar surface area (TPSA) is 89.7 Å². The Bertz CT molecular complexity index is 1230. The molecule has 8 nitrogen and oxygen atoms in total. The molecule has 1 aromatic heterocycles. The van der Waals surface area contributed by atoms with E-state index < -0.39 is 11.9 Å². The van der Waals surface area contributed by atoms with Crippen molar-refractivity contribution in [1.82, 2.24) is 20.4 Å². The van der Waals surface area contributed by atoms with Gasteiger partial charge in [0.25, 0.3) is 5.89 Å². The normalized spacial score (nSPS) is 20.3. The Morgan fingerprint density at radius 1 is 1.23 bits per heavy atom. The summed E-state index contributed by atoms with van der Waals surface area (Å²) in [5.41, 5.74) is 2.64. The summed E-state index contributed by atoms with van der Waals surface area (Å²) in [6, 6.07) is 12.6. The zero-order valence-electron chi connectivity index (χ0n) is 19.7. The standard InChI is InChI=1S/C26H27FN4O4/c1-3-33-20-11-9-17(10-12-20)24-29-25(35-30-24)22-16(2)31(15-21-8-5-13-34-21)26(32)28-23(22)18-6-4-7-19(27)14-18/h4,6-7,9-12,14,21,23H,3,5,8,13,15H2,1-2H3,(H,28,32). The summed E-state index contributed by atoms with van der Waals surface area (Å²) in [6.45, 7) is 5.45. The summed E-state index contributed by atoms with van der Waals surface area (Å²) in [4.78, 5) is 19.4. The van der Waals surface area contributed by atoms with Gasteiger partial charge in [0.15, 0.2) is 0 Å². The van der Waals surface area contributed by atoms with Gasteiger partial charge in [0.05, 0.1) is 30.9 Å². The van der Waals surface area contributed by atoms with Crippen LogP contribution in [-0.2, 0) is 4.74 Å². The van der Waals surface area contributed by atoms with E-state index in [0.717, 1.165) is 24.2 Å². The zero-order valence-corrected chi connectivity index (χ0v) is 19.7. The number of hydrogen-bond donors (Lipinski definition) is 1. The van der Waals surface area contributed by atoms with Crippen LogP contribution in [0.15, 0.2) is 58.8 Å². The van der Waals surface area contributed by atoms with Crippen LogP contribution < -0.4 is 10.1 Å². The Labute approximate surface area is 202 Å². The highest BCUT2D eigenvalue weighted by Crippen LogP contribution is 2.38. The summed E-state index contributed by atoms with van der Waals surface area (Å²) >= 11 is 0. The van der Waals surface area contributed by atoms with Crippen LogP contribution in [0.5, 0.6) is 5.75 Å². The van der Waals surface area contributed by atoms with Crippen molar-refractivity contribution in [2.45, 2.75) is 38.8 Å². The monoisotopic (exact) mass is 478 g/mol. The molecule has 35 heavy (non-hydrogen) atoms. The van der Waals surface area contributed by atoms with Crippen LogP contribution in [0.2, 0.25) is 0 Å². The van der Waals surface area contributed by atoms with Gasteiger partial charge >= 0.3 is 6.03 Å². The first-order valence-electron chi connectivity index (χ1n) is 11.8. The highest BCUT2D eigenvalue weighted by molar-refractivity contribution is 5.87. The number of benzene rings is 2. The molecule has 1 saturated heterocycles. The second kappa shape index (κ2) is 9.87. The zero-order chi connectivity index (χ0) is 24.4. The maximum absolute atomic E-state index is 14.1. The molecule has 3 heterocycles. The summed E-state index contributed by atoms with van der Waals surface area (Å²) < 4.78 is 31.0. The lowest BCUT2D eigenvalue weighted by Crippen LogP contribution is -2.48. The molecule has 0 saturated carbocycles. The largest absolute Gasteiger partial charge is 0.494 e. The third kappa shape index (κ3) is 4.77. The number of urea groups is 1. The Morgan fingerprint density at radius 2 is 2.06 bits per heavy atom. The number of carbonyl (C=O) groups is 1. The minimum atomic E-state index is -0.646. The number of rotatable bonds is 7. The number of aromatic nitrogens is 2. The third-order valence-corrected chi connectivity index (χ3v) is 6.27. The lowest BCUT2D eigenvalue weighted by atomic mass is 9.94. The maximum Gasteiger partial charge on any atom is 0.322 e. The molecule has 182 valence electrons. The quantitative estimate of drug-likeness (QED) is 0.517. The predicted octanol–water partition coefficient (Wildman–Crippen LogP) is 4.95. The van der Waals surface area contributed by atoms with E-state index in [2.05, 4.69) is 15.5 Å². The molecule has 0 bridgehead atoms. The molecule has 3 aromatic rings. The highest BCUT2D eigenvalue weighted by atomic mass is 19.1. The minimum absolute atomic E-state index is 0.0372. The minimum Gasteiger partial charge on any atom is -0.494 e. The Morgan fingerprint density at radius 3 is 2.77 bits per heavy atom. The van der Waals surface area contributed by atoms with Gasteiger partial charge in [-0.2, -0.15) is 4.98 Å². The third-order valence-electron chi connectivity index (χ3n) is 6.27. The lowest BCUT2D eigenvalue weighted by molar-refractivity contribution is 0.0877. The van der Waals surface area contributed by atoms with Crippen molar-refractivity contribution in [1.29, 1.82) is 0 Å². The molecule has 2 unspecified atom stereocenters. The number of halogens is 1. The number of carbonyl (C=O) groups excluding carboxylic acids is 1. The van der Waals surface area contributed by atoms with Crippen molar-refractivity contribution in [2.24, 2.45) is 0 Å². The van der Waals surface area contributed by atoms with Gasteiger partial charge in [-0.25, -0.2) is 9.18 Å². The van der Waals surface area contributed by atoms with Gasteiger partial charge in [-0.15, -0.1) is 0 Å². The lowest BCUT2D eigenvalue weighted by Gasteiger charge is -2.36. The van der Waals surface area contributed by atoms with E-state index in [0.29, 0.717) is 42.4 Å². The van der Waals surface area contributed by atoms with Crippen molar-refractivity contribution in [2.75, 3.05) is 19.8 Å². The van der Waals surface area contributed by atoms with Crippen molar-refractivity contribution in [3.05, 3.63) is 71.5 Å². The summed E-state index contributed by atoms with van der Waals surface area (Å²) in [5, 5.41) is 7.17. The van der Waals surface area contributed by atoms with E-state index in [4.69, 9.17) is 14.0 Å². The molecule has 2 aliphatic heterocycles. The van der Waals surface area contributed by atoms with E-state index in [-0.39, 0.29) is 18.0 Å². The van der Waals surface area contributed by atoms with Gasteiger partial charge in [0, 0.05) is 17.9 Å². The molecule has 1 N–H and O–H groups in total. The van der Waals surface area contributed by atoms with Crippen molar-refractivity contribution < 1.29 is 23.2 Å². The van der Waals surface area contributed by atoms with Gasteiger partial charge < -0.3 is 19.3 Å². The van der Waals surface area contributed by atoms with E-state index in [9.17, 15) is 9.18 Å². The Kier molecular flexibility index (Phi) is 6.50. The van der Waals surface area contributed by atoms with E-state index in [1.807, 2.05) is 38.1 Å². The van der Waals surface area contributed by atoms with Crippen LogP contribution in [0.3, 0.4) is 0 Å². The predicted molar refractivity (Wildman–Crippen MR) is 127 cm³/mol. The molecule has 5 rings (SSSR count). The maximum atomic E-state index is 14.1. The molecule has 9 heteroatoms. The number of nitrogens with one attached hydrogen (secondary N) is 1. The molecule has 1 fully saturated rings. The van der Waals surface area contributed by atoms with Crippen LogP contribution in [-0.4, -0.2) is 46.9 Å². The second-order valence-electron chi connectivity index (χ2n) is 8.56. The number of ether oxygens (including phenoxy) is 2. The van der Waals surface area contributed by atoms with Crippen LogP contribution in [0.25, 0.3) is 17.0 Å². The van der Waals surface area contributed by atoms with Crippen molar-refractivity contribution in [3.63, 3.8) is 0 Å². The van der Waals surface area contributed by atoms with E-state index in [1.165, 1.54) is 12.1 Å².